The SMILES string of the molecule is COC(=O)c1ccc(OC)c2c1oc1cc(Cl)ccc12. The number of carbonyl (C=O) groups excluding carboxylic acids is 1. The summed E-state index contributed by atoms with van der Waals surface area (Å²) < 4.78 is 15.9. The molecule has 0 radical (unpaired) electrons. The lowest BCUT2D eigenvalue weighted by atomic mass is 10.1. The zero-order valence-electron chi connectivity index (χ0n) is 10.9. The largest absolute Gasteiger partial charge is 0.496 e. The molecular formula is C15H11ClO4. The highest BCUT2D eigenvalue weighted by molar-refractivity contribution is 6.31. The zero-order valence-corrected chi connectivity index (χ0v) is 11.7. The van der Waals surface area contributed by atoms with Gasteiger partial charge in [-0.3, -0.25) is 0 Å². The average molecular weight is 291 g/mol. The van der Waals surface area contributed by atoms with Crippen LogP contribution < -0.4 is 4.74 Å². The van der Waals surface area contributed by atoms with Crippen LogP contribution in [0.15, 0.2) is 34.7 Å². The van der Waals surface area contributed by atoms with E-state index < -0.39 is 5.97 Å². The Labute approximate surface area is 119 Å². The summed E-state index contributed by atoms with van der Waals surface area (Å²) in [5, 5.41) is 2.14. The Hall–Kier alpha value is -2.20. The number of hydrogen-bond acceptors (Lipinski definition) is 4. The lowest BCUT2D eigenvalue weighted by Crippen LogP contribution is -2.01. The van der Waals surface area contributed by atoms with Crippen molar-refractivity contribution in [1.82, 2.24) is 0 Å². The molecule has 0 atom stereocenters. The van der Waals surface area contributed by atoms with Gasteiger partial charge in [0, 0.05) is 16.5 Å². The number of furan rings is 1. The van der Waals surface area contributed by atoms with E-state index >= 15 is 0 Å². The summed E-state index contributed by atoms with van der Waals surface area (Å²) >= 11 is 5.97. The van der Waals surface area contributed by atoms with Gasteiger partial charge in [-0.25, -0.2) is 4.79 Å². The van der Waals surface area contributed by atoms with Crippen molar-refractivity contribution in [2.75, 3.05) is 14.2 Å². The third-order valence-corrected chi connectivity index (χ3v) is 3.40. The molecule has 0 bridgehead atoms. The summed E-state index contributed by atoms with van der Waals surface area (Å²) in [7, 11) is 2.90. The standard InChI is InChI=1S/C15H11ClO4/c1-18-11-6-5-10(15(17)19-2)14-13(11)9-4-3-8(16)7-12(9)20-14/h3-7H,1-2H3. The zero-order chi connectivity index (χ0) is 14.3. The van der Waals surface area contributed by atoms with Crippen LogP contribution in [0.4, 0.5) is 0 Å². The minimum Gasteiger partial charge on any atom is -0.496 e. The fourth-order valence-corrected chi connectivity index (χ4v) is 2.43. The van der Waals surface area contributed by atoms with E-state index in [9.17, 15) is 4.79 Å². The van der Waals surface area contributed by atoms with Gasteiger partial charge in [0.05, 0.1) is 19.6 Å². The Kier molecular flexibility index (Phi) is 3.03. The number of rotatable bonds is 2. The summed E-state index contributed by atoms with van der Waals surface area (Å²) in [4.78, 5) is 11.8. The second-order valence-electron chi connectivity index (χ2n) is 4.25. The van der Waals surface area contributed by atoms with E-state index in [-0.39, 0.29) is 0 Å². The molecular weight excluding hydrogens is 280 g/mol. The van der Waals surface area contributed by atoms with Crippen LogP contribution in [-0.4, -0.2) is 20.2 Å². The van der Waals surface area contributed by atoms with Crippen molar-refractivity contribution in [1.29, 1.82) is 0 Å². The predicted molar refractivity (Wildman–Crippen MR) is 76.6 cm³/mol. The van der Waals surface area contributed by atoms with E-state index in [2.05, 4.69) is 0 Å². The molecule has 0 saturated heterocycles. The molecule has 0 unspecified atom stereocenters. The second-order valence-corrected chi connectivity index (χ2v) is 4.69. The number of fused-ring (bicyclic) bond motifs is 3. The van der Waals surface area contributed by atoms with Crippen molar-refractivity contribution in [3.05, 3.63) is 40.9 Å². The lowest BCUT2D eigenvalue weighted by Gasteiger charge is -2.04. The van der Waals surface area contributed by atoms with Crippen molar-refractivity contribution in [2.45, 2.75) is 0 Å². The molecule has 20 heavy (non-hydrogen) atoms. The molecule has 0 spiro atoms. The van der Waals surface area contributed by atoms with Crippen LogP contribution in [0.25, 0.3) is 21.9 Å². The molecule has 2 aromatic carbocycles. The molecule has 0 aliphatic rings. The summed E-state index contributed by atoms with van der Waals surface area (Å²) in [6.07, 6.45) is 0. The third kappa shape index (κ3) is 1.80. The monoisotopic (exact) mass is 290 g/mol. The van der Waals surface area contributed by atoms with Crippen molar-refractivity contribution >= 4 is 39.5 Å². The molecule has 0 fully saturated rings. The van der Waals surface area contributed by atoms with Gasteiger partial charge in [0.1, 0.15) is 16.9 Å². The van der Waals surface area contributed by atoms with E-state index in [0.29, 0.717) is 27.5 Å². The van der Waals surface area contributed by atoms with Gasteiger partial charge < -0.3 is 13.9 Å². The van der Waals surface area contributed by atoms with Gasteiger partial charge in [-0.15, -0.1) is 0 Å². The molecule has 0 N–H and O–H groups in total. The fraction of sp³-hybridized carbons (Fsp3) is 0.133. The Morgan fingerprint density at radius 2 is 2.00 bits per heavy atom. The van der Waals surface area contributed by atoms with Gasteiger partial charge in [0.2, 0.25) is 0 Å². The van der Waals surface area contributed by atoms with Crippen molar-refractivity contribution in [3.8, 4) is 5.75 Å². The maximum Gasteiger partial charge on any atom is 0.341 e. The van der Waals surface area contributed by atoms with E-state index in [1.54, 1.807) is 31.4 Å². The molecule has 0 saturated carbocycles. The van der Waals surface area contributed by atoms with Gasteiger partial charge in [-0.1, -0.05) is 11.6 Å². The van der Waals surface area contributed by atoms with E-state index in [1.807, 2.05) is 6.07 Å². The molecule has 0 aliphatic carbocycles. The number of methoxy groups -OCH3 is 2. The quantitative estimate of drug-likeness (QED) is 0.669. The first kappa shape index (κ1) is 12.8. The molecule has 102 valence electrons. The Bertz CT molecular complexity index is 819. The van der Waals surface area contributed by atoms with Crippen molar-refractivity contribution in [3.63, 3.8) is 0 Å². The van der Waals surface area contributed by atoms with Crippen LogP contribution >= 0.6 is 11.6 Å². The number of benzene rings is 2. The molecule has 5 heteroatoms. The first-order valence-electron chi connectivity index (χ1n) is 5.92. The van der Waals surface area contributed by atoms with Crippen LogP contribution in [0.3, 0.4) is 0 Å². The third-order valence-electron chi connectivity index (χ3n) is 3.17. The normalized spacial score (nSPS) is 10.9. The van der Waals surface area contributed by atoms with Crippen molar-refractivity contribution in [2.24, 2.45) is 0 Å². The lowest BCUT2D eigenvalue weighted by molar-refractivity contribution is 0.0602. The summed E-state index contributed by atoms with van der Waals surface area (Å²) in [6.45, 7) is 0. The highest BCUT2D eigenvalue weighted by Crippen LogP contribution is 2.38. The molecule has 1 heterocycles. The Morgan fingerprint density at radius 3 is 2.70 bits per heavy atom. The van der Waals surface area contributed by atoms with Gasteiger partial charge in [-0.05, 0) is 24.3 Å². The molecule has 0 amide bonds. The topological polar surface area (TPSA) is 48.7 Å². The van der Waals surface area contributed by atoms with Crippen LogP contribution in [0.5, 0.6) is 5.75 Å². The van der Waals surface area contributed by atoms with Crippen LogP contribution in [0.2, 0.25) is 5.02 Å². The molecule has 4 nitrogen and oxygen atoms in total. The smallest absolute Gasteiger partial charge is 0.341 e. The van der Waals surface area contributed by atoms with Crippen molar-refractivity contribution < 1.29 is 18.7 Å². The number of hydrogen-bond donors (Lipinski definition) is 0. The summed E-state index contributed by atoms with van der Waals surface area (Å²) in [6, 6.07) is 8.66. The highest BCUT2D eigenvalue weighted by Gasteiger charge is 2.20. The average Bonchev–Trinajstić information content (AvgIpc) is 2.83. The first-order valence-corrected chi connectivity index (χ1v) is 6.30. The Morgan fingerprint density at radius 1 is 1.20 bits per heavy atom. The van der Waals surface area contributed by atoms with Gasteiger partial charge in [0.15, 0.2) is 5.58 Å². The van der Waals surface area contributed by atoms with E-state index in [0.717, 1.165) is 10.8 Å². The van der Waals surface area contributed by atoms with E-state index in [1.165, 1.54) is 7.11 Å². The van der Waals surface area contributed by atoms with Crippen LogP contribution in [0, 0.1) is 0 Å². The maximum absolute atomic E-state index is 11.8. The maximum atomic E-state index is 11.8. The summed E-state index contributed by atoms with van der Waals surface area (Å²) in [5.74, 6) is 0.177. The van der Waals surface area contributed by atoms with Crippen LogP contribution in [-0.2, 0) is 4.74 Å². The first-order chi connectivity index (χ1) is 9.65. The number of esters is 1. The molecule has 3 rings (SSSR count). The summed E-state index contributed by atoms with van der Waals surface area (Å²) in [5.41, 5.74) is 1.39. The minimum absolute atomic E-state index is 0.357. The number of halogens is 1. The molecule has 1 aromatic heterocycles. The van der Waals surface area contributed by atoms with Gasteiger partial charge in [0.25, 0.3) is 0 Å². The molecule has 3 aromatic rings. The van der Waals surface area contributed by atoms with Crippen LogP contribution in [0.1, 0.15) is 10.4 Å². The fourth-order valence-electron chi connectivity index (χ4n) is 2.26. The number of ether oxygens (including phenoxy) is 2. The second kappa shape index (κ2) is 4.72. The predicted octanol–water partition coefficient (Wildman–Crippen LogP) is 4.03. The van der Waals surface area contributed by atoms with Gasteiger partial charge >= 0.3 is 5.97 Å². The van der Waals surface area contributed by atoms with Gasteiger partial charge in [-0.2, -0.15) is 0 Å². The highest BCUT2D eigenvalue weighted by atomic mass is 35.5. The number of carbonyl (C=O) groups is 1. The van der Waals surface area contributed by atoms with E-state index in [4.69, 9.17) is 25.5 Å². The molecule has 0 aliphatic heterocycles. The Balaban J connectivity index is 2.46. The minimum atomic E-state index is -0.456.